The molecule has 0 aliphatic rings. The molecule has 0 bridgehead atoms. The molecule has 1 amide bonds. The van der Waals surface area contributed by atoms with Gasteiger partial charge in [-0.25, -0.2) is 4.21 Å². The van der Waals surface area contributed by atoms with E-state index in [1.54, 1.807) is 14.1 Å². The van der Waals surface area contributed by atoms with Gasteiger partial charge in [-0.2, -0.15) is 0 Å². The van der Waals surface area contributed by atoms with Crippen molar-refractivity contribution in [3.05, 3.63) is 22.7 Å². The summed E-state index contributed by atoms with van der Waals surface area (Å²) >= 11 is 4.05. The predicted molar refractivity (Wildman–Crippen MR) is 69.9 cm³/mol. The van der Waals surface area contributed by atoms with Crippen molar-refractivity contribution in [1.82, 2.24) is 4.90 Å². The third kappa shape index (κ3) is 3.34. The van der Waals surface area contributed by atoms with Crippen molar-refractivity contribution in [2.45, 2.75) is 0 Å². The van der Waals surface area contributed by atoms with E-state index in [2.05, 4.69) is 8.91 Å². The fourth-order valence-electron chi connectivity index (χ4n) is 1.20. The van der Waals surface area contributed by atoms with Gasteiger partial charge in [-0.3, -0.25) is 13.7 Å². The minimum absolute atomic E-state index is 0.0155. The lowest BCUT2D eigenvalue weighted by Gasteiger charge is -2.14. The first kappa shape index (κ1) is 14.7. The third-order valence-electron chi connectivity index (χ3n) is 2.05. The fourth-order valence-corrected chi connectivity index (χ4v) is 1.81. The first-order valence-electron chi connectivity index (χ1n) is 4.84. The molecule has 0 spiro atoms. The molecule has 0 saturated heterocycles. The molecule has 6 nitrogen and oxygen atoms in total. The summed E-state index contributed by atoms with van der Waals surface area (Å²) in [7, 11) is 4.35. The molecule has 100 valence electrons. The zero-order chi connectivity index (χ0) is 13.9. The minimum Gasteiger partial charge on any atom is -0.506 e. The number of phenols is 1. The van der Waals surface area contributed by atoms with Crippen LogP contribution in [-0.2, 0) is 15.4 Å². The van der Waals surface area contributed by atoms with Crippen molar-refractivity contribution in [2.24, 2.45) is 0 Å². The number of amides is 1. The monoisotopic (exact) mass is 292 g/mol. The molecule has 2 N–H and O–H groups in total. The molecule has 18 heavy (non-hydrogen) atoms. The van der Waals surface area contributed by atoms with E-state index in [1.165, 1.54) is 24.1 Å². The molecule has 0 fully saturated rings. The first-order valence-corrected chi connectivity index (χ1v) is 6.29. The highest BCUT2D eigenvalue weighted by Crippen LogP contribution is 2.32. The summed E-state index contributed by atoms with van der Waals surface area (Å²) in [4.78, 5) is 13.1. The van der Waals surface area contributed by atoms with Gasteiger partial charge in [0.05, 0.1) is 23.4 Å². The van der Waals surface area contributed by atoms with Gasteiger partial charge in [-0.15, -0.1) is 0 Å². The number of benzene rings is 1. The number of rotatable bonds is 4. The molecule has 0 aromatic heterocycles. The van der Waals surface area contributed by atoms with E-state index >= 15 is 0 Å². The van der Waals surface area contributed by atoms with Crippen molar-refractivity contribution in [3.63, 3.8) is 0 Å². The van der Waals surface area contributed by atoms with Crippen molar-refractivity contribution >= 4 is 34.5 Å². The lowest BCUT2D eigenvalue weighted by molar-refractivity contribution is 0.0824. The second-order valence-corrected chi connectivity index (χ2v) is 4.97. The standard InChI is InChI=1S/C10H13ClN2O4S/c1-13(2)10(15)7-4-6(12-18(16)17-3)5-8(11)9(7)14/h4-5,12,14H,1-3H3. The summed E-state index contributed by atoms with van der Waals surface area (Å²) in [5.74, 6) is -0.731. The number of nitrogens with one attached hydrogen (secondary N) is 1. The van der Waals surface area contributed by atoms with Gasteiger partial charge < -0.3 is 10.0 Å². The lowest BCUT2D eigenvalue weighted by Crippen LogP contribution is -2.22. The van der Waals surface area contributed by atoms with Crippen LogP contribution in [-0.4, -0.2) is 41.3 Å². The summed E-state index contributed by atoms with van der Waals surface area (Å²) in [5, 5.41) is 9.70. The van der Waals surface area contributed by atoms with E-state index in [-0.39, 0.29) is 16.3 Å². The zero-order valence-electron chi connectivity index (χ0n) is 10.1. The van der Waals surface area contributed by atoms with Gasteiger partial charge in [-0.1, -0.05) is 11.6 Å². The number of carbonyl (C=O) groups excluding carboxylic acids is 1. The van der Waals surface area contributed by atoms with Gasteiger partial charge in [0, 0.05) is 14.1 Å². The zero-order valence-corrected chi connectivity index (χ0v) is 11.6. The average molecular weight is 293 g/mol. The number of aromatic hydroxyl groups is 1. The highest BCUT2D eigenvalue weighted by Gasteiger charge is 2.17. The molecule has 0 aliphatic heterocycles. The maximum atomic E-state index is 11.8. The molecule has 0 aliphatic carbocycles. The molecule has 1 rings (SSSR count). The summed E-state index contributed by atoms with van der Waals surface area (Å²) in [6.45, 7) is 0. The van der Waals surface area contributed by atoms with E-state index in [0.717, 1.165) is 0 Å². The molecule has 1 unspecified atom stereocenters. The van der Waals surface area contributed by atoms with Gasteiger partial charge in [0.1, 0.15) is 5.75 Å². The van der Waals surface area contributed by atoms with E-state index < -0.39 is 17.2 Å². The van der Waals surface area contributed by atoms with Crippen LogP contribution in [0.25, 0.3) is 0 Å². The van der Waals surface area contributed by atoms with E-state index in [1.807, 2.05) is 0 Å². The van der Waals surface area contributed by atoms with Crippen LogP contribution in [0.3, 0.4) is 0 Å². The molecule has 0 heterocycles. The largest absolute Gasteiger partial charge is 0.506 e. The SMILES string of the molecule is COS(=O)Nc1cc(Cl)c(O)c(C(=O)N(C)C)c1. The highest BCUT2D eigenvalue weighted by atomic mass is 35.5. The van der Waals surface area contributed by atoms with Crippen molar-refractivity contribution in [3.8, 4) is 5.75 Å². The first-order chi connectivity index (χ1) is 8.36. The molecule has 1 aromatic rings. The molecule has 0 saturated carbocycles. The number of halogens is 1. The number of hydrogen-bond acceptors (Lipinski definition) is 4. The van der Waals surface area contributed by atoms with Crippen LogP contribution >= 0.6 is 11.6 Å². The Labute approximate surface area is 112 Å². The van der Waals surface area contributed by atoms with Crippen LogP contribution in [0.2, 0.25) is 5.02 Å². The van der Waals surface area contributed by atoms with Crippen LogP contribution < -0.4 is 4.72 Å². The van der Waals surface area contributed by atoms with Gasteiger partial charge in [0.25, 0.3) is 17.2 Å². The molecule has 1 atom stereocenters. The van der Waals surface area contributed by atoms with Crippen LogP contribution in [0.1, 0.15) is 10.4 Å². The smallest absolute Gasteiger partial charge is 0.261 e. The molecule has 0 radical (unpaired) electrons. The van der Waals surface area contributed by atoms with E-state index in [4.69, 9.17) is 11.6 Å². The summed E-state index contributed by atoms with van der Waals surface area (Å²) in [6, 6.07) is 2.70. The second-order valence-electron chi connectivity index (χ2n) is 3.56. The number of phenolic OH excluding ortho intramolecular Hbond substituents is 1. The summed E-state index contributed by atoms with van der Waals surface area (Å²) in [5.41, 5.74) is 0.325. The van der Waals surface area contributed by atoms with Crippen LogP contribution in [0.5, 0.6) is 5.75 Å². The average Bonchev–Trinajstić information content (AvgIpc) is 2.32. The van der Waals surface area contributed by atoms with Gasteiger partial charge in [-0.05, 0) is 12.1 Å². The van der Waals surface area contributed by atoms with Crippen molar-refractivity contribution in [2.75, 3.05) is 25.9 Å². The highest BCUT2D eigenvalue weighted by molar-refractivity contribution is 7.81. The van der Waals surface area contributed by atoms with Crippen LogP contribution in [0.4, 0.5) is 5.69 Å². The normalized spacial score (nSPS) is 12.0. The Hall–Kier alpha value is -1.31. The molecule has 8 heteroatoms. The number of nitrogens with zero attached hydrogens (tertiary/aromatic N) is 1. The maximum Gasteiger partial charge on any atom is 0.261 e. The van der Waals surface area contributed by atoms with Crippen LogP contribution in [0, 0.1) is 0 Å². The van der Waals surface area contributed by atoms with Gasteiger partial charge in [0.15, 0.2) is 0 Å². The Balaban J connectivity index is 3.18. The lowest BCUT2D eigenvalue weighted by atomic mass is 10.1. The van der Waals surface area contributed by atoms with Crippen molar-refractivity contribution < 1.29 is 18.3 Å². The fraction of sp³-hybridized carbons (Fsp3) is 0.300. The van der Waals surface area contributed by atoms with E-state index in [0.29, 0.717) is 5.69 Å². The molecular weight excluding hydrogens is 280 g/mol. The molecular formula is C10H13ClN2O4S. The Bertz CT molecular complexity index is 493. The summed E-state index contributed by atoms with van der Waals surface area (Å²) in [6.07, 6.45) is 0. The molecule has 1 aromatic carbocycles. The summed E-state index contributed by atoms with van der Waals surface area (Å²) < 4.78 is 18.2. The Kier molecular flexibility index (Phi) is 4.94. The van der Waals surface area contributed by atoms with Crippen LogP contribution in [0.15, 0.2) is 12.1 Å². The number of carbonyl (C=O) groups is 1. The number of hydrogen-bond donors (Lipinski definition) is 2. The quantitative estimate of drug-likeness (QED) is 0.822. The Morgan fingerprint density at radius 1 is 1.50 bits per heavy atom. The van der Waals surface area contributed by atoms with Crippen molar-refractivity contribution in [1.29, 1.82) is 0 Å². The maximum absolute atomic E-state index is 11.8. The van der Waals surface area contributed by atoms with E-state index in [9.17, 15) is 14.1 Å². The second kappa shape index (κ2) is 6.03. The minimum atomic E-state index is -1.74. The Morgan fingerprint density at radius 3 is 2.61 bits per heavy atom. The Morgan fingerprint density at radius 2 is 2.11 bits per heavy atom. The topological polar surface area (TPSA) is 78.9 Å². The van der Waals surface area contributed by atoms with Gasteiger partial charge in [0.2, 0.25) is 0 Å². The third-order valence-corrected chi connectivity index (χ3v) is 3.05. The predicted octanol–water partition coefficient (Wildman–Crippen LogP) is 1.38. The number of anilines is 1. The van der Waals surface area contributed by atoms with Gasteiger partial charge >= 0.3 is 0 Å².